The number of carbonyl (C=O) groups is 4. The quantitative estimate of drug-likeness (QED) is 0.0222. The number of aliphatic hydroxyl groups is 1. The number of ether oxygens (including phenoxy) is 4. The molecule has 0 fully saturated rings. The third kappa shape index (κ3) is 76.1. The monoisotopic (exact) mass is 1480 g/mol. The standard InChI is InChI=1S/C82H160O17P2/c1-7-9-11-13-15-17-19-20-21-22-23-26-29-35-41-47-53-59-65-80(85)93-71-78(98-81(86)66-60-54-48-42-36-30-27-24-25-28-33-38-44-50-56-62-74(3)4)73-97-101(90,91)95-69-76(83)68-94-100(88,89)96-72-77(70-92-79(84)64-58-52-46-40-32-18-16-14-12-10-8-2)99-82(87)67-61-55-49-43-37-31-34-39-45-51-57-63-75(5)6/h74-78,83H,7-73H2,1-6H3,(H,88,89)(H,90,91)/t76-,77+,78+/m0/s1. The highest BCUT2D eigenvalue weighted by Gasteiger charge is 2.30. The van der Waals surface area contributed by atoms with Crippen LogP contribution in [0.25, 0.3) is 0 Å². The van der Waals surface area contributed by atoms with Crippen molar-refractivity contribution in [3.05, 3.63) is 0 Å². The zero-order valence-electron chi connectivity index (χ0n) is 66.2. The van der Waals surface area contributed by atoms with E-state index in [2.05, 4.69) is 41.5 Å². The highest BCUT2D eigenvalue weighted by Crippen LogP contribution is 2.45. The van der Waals surface area contributed by atoms with Gasteiger partial charge in [0.05, 0.1) is 26.4 Å². The molecule has 0 heterocycles. The lowest BCUT2D eigenvalue weighted by Crippen LogP contribution is -2.30. The van der Waals surface area contributed by atoms with Crippen molar-refractivity contribution in [3.63, 3.8) is 0 Å². The van der Waals surface area contributed by atoms with Gasteiger partial charge in [-0.25, -0.2) is 9.13 Å². The lowest BCUT2D eigenvalue weighted by molar-refractivity contribution is -0.161. The first-order valence-corrected chi connectivity index (χ1v) is 45.5. The van der Waals surface area contributed by atoms with Crippen LogP contribution in [-0.2, 0) is 65.4 Å². The second-order valence-electron chi connectivity index (χ2n) is 30.5. The van der Waals surface area contributed by atoms with Gasteiger partial charge in [-0.1, -0.05) is 382 Å². The lowest BCUT2D eigenvalue weighted by Gasteiger charge is -2.21. The Morgan fingerprint density at radius 2 is 0.455 bits per heavy atom. The molecule has 0 aromatic heterocycles. The van der Waals surface area contributed by atoms with Gasteiger partial charge in [0.2, 0.25) is 0 Å². The second kappa shape index (κ2) is 73.6. The molecule has 0 aromatic rings. The molecule has 101 heavy (non-hydrogen) atoms. The van der Waals surface area contributed by atoms with Gasteiger partial charge in [-0.15, -0.1) is 0 Å². The average molecular weight is 1480 g/mol. The van der Waals surface area contributed by atoms with E-state index in [-0.39, 0.29) is 25.7 Å². The smallest absolute Gasteiger partial charge is 0.462 e. The minimum atomic E-state index is -4.96. The summed E-state index contributed by atoms with van der Waals surface area (Å²) >= 11 is 0. The van der Waals surface area contributed by atoms with Crippen LogP contribution in [0.5, 0.6) is 0 Å². The molecule has 5 atom stereocenters. The fourth-order valence-electron chi connectivity index (χ4n) is 12.7. The van der Waals surface area contributed by atoms with Gasteiger partial charge >= 0.3 is 39.5 Å². The first-order valence-electron chi connectivity index (χ1n) is 42.5. The highest BCUT2D eigenvalue weighted by atomic mass is 31.2. The van der Waals surface area contributed by atoms with Crippen molar-refractivity contribution in [1.82, 2.24) is 0 Å². The molecule has 17 nitrogen and oxygen atoms in total. The van der Waals surface area contributed by atoms with Gasteiger partial charge in [0.25, 0.3) is 0 Å². The van der Waals surface area contributed by atoms with Crippen molar-refractivity contribution in [1.29, 1.82) is 0 Å². The van der Waals surface area contributed by atoms with Crippen LogP contribution in [0.3, 0.4) is 0 Å². The molecule has 0 aliphatic heterocycles. The first-order chi connectivity index (χ1) is 48.9. The molecular weight excluding hydrogens is 1320 g/mol. The molecule has 0 aromatic carbocycles. The maximum absolute atomic E-state index is 13.1. The number of carbonyl (C=O) groups excluding carboxylic acids is 4. The number of esters is 4. The molecule has 2 unspecified atom stereocenters. The summed E-state index contributed by atoms with van der Waals surface area (Å²) in [7, 11) is -9.92. The molecule has 0 saturated carbocycles. The van der Waals surface area contributed by atoms with Gasteiger partial charge in [-0.3, -0.25) is 37.3 Å². The molecule has 19 heteroatoms. The predicted molar refractivity (Wildman–Crippen MR) is 414 cm³/mol. The number of hydrogen-bond donors (Lipinski definition) is 3. The molecule has 0 aliphatic rings. The van der Waals surface area contributed by atoms with Gasteiger partial charge < -0.3 is 33.8 Å². The molecule has 0 bridgehead atoms. The van der Waals surface area contributed by atoms with Crippen molar-refractivity contribution in [2.24, 2.45) is 11.8 Å². The van der Waals surface area contributed by atoms with Gasteiger partial charge in [0, 0.05) is 25.7 Å². The molecule has 0 radical (unpaired) electrons. The minimum Gasteiger partial charge on any atom is -0.462 e. The molecule has 600 valence electrons. The molecule has 0 saturated heterocycles. The third-order valence-corrected chi connectivity index (χ3v) is 21.1. The Morgan fingerprint density at radius 3 is 0.673 bits per heavy atom. The Labute approximate surface area is 619 Å². The zero-order chi connectivity index (χ0) is 74.2. The number of unbranched alkanes of at least 4 members (excludes halogenated alkanes) is 51. The fraction of sp³-hybridized carbons (Fsp3) is 0.951. The molecular formula is C82H160O17P2. The highest BCUT2D eigenvalue weighted by molar-refractivity contribution is 7.47. The Bertz CT molecular complexity index is 1940. The van der Waals surface area contributed by atoms with Gasteiger partial charge in [0.1, 0.15) is 19.3 Å². The lowest BCUT2D eigenvalue weighted by atomic mass is 10.0. The van der Waals surface area contributed by atoms with Crippen LogP contribution in [0.1, 0.15) is 433 Å². The fourth-order valence-corrected chi connectivity index (χ4v) is 14.3. The van der Waals surface area contributed by atoms with Crippen molar-refractivity contribution in [3.8, 4) is 0 Å². The van der Waals surface area contributed by atoms with Crippen LogP contribution in [0.2, 0.25) is 0 Å². The second-order valence-corrected chi connectivity index (χ2v) is 33.4. The summed E-state index contributed by atoms with van der Waals surface area (Å²) < 4.78 is 68.8. The predicted octanol–water partition coefficient (Wildman–Crippen LogP) is 24.7. The topological polar surface area (TPSA) is 237 Å². The number of phosphoric acid groups is 2. The summed E-state index contributed by atoms with van der Waals surface area (Å²) in [6.45, 7) is 9.67. The van der Waals surface area contributed by atoms with Crippen molar-refractivity contribution >= 4 is 39.5 Å². The Morgan fingerprint density at radius 1 is 0.267 bits per heavy atom. The van der Waals surface area contributed by atoms with Crippen LogP contribution >= 0.6 is 15.6 Å². The summed E-state index contributed by atoms with van der Waals surface area (Å²) in [4.78, 5) is 73.1. The van der Waals surface area contributed by atoms with E-state index in [0.717, 1.165) is 102 Å². The number of hydrogen-bond acceptors (Lipinski definition) is 15. The Hall–Kier alpha value is -1.94. The van der Waals surface area contributed by atoms with Crippen LogP contribution in [-0.4, -0.2) is 96.7 Å². The molecule has 0 amide bonds. The van der Waals surface area contributed by atoms with Crippen LogP contribution in [0.15, 0.2) is 0 Å². The van der Waals surface area contributed by atoms with E-state index in [4.69, 9.17) is 37.0 Å². The SMILES string of the molecule is CCCCCCCCCCCCCCCCCCCCC(=O)OC[C@H](COP(=O)(O)OC[C@@H](O)COP(=O)(O)OC[C@@H](COC(=O)CCCCCCCCCCCCC)OC(=O)CCCCCCCCCCCCCC(C)C)OC(=O)CCCCCCCCCCCCCCCCCC(C)C. The van der Waals surface area contributed by atoms with Crippen molar-refractivity contribution < 1.29 is 80.2 Å². The summed E-state index contributed by atoms with van der Waals surface area (Å²) in [6, 6.07) is 0. The molecule has 0 spiro atoms. The molecule has 3 N–H and O–H groups in total. The van der Waals surface area contributed by atoms with E-state index in [1.807, 2.05) is 0 Å². The van der Waals surface area contributed by atoms with Crippen molar-refractivity contribution in [2.75, 3.05) is 39.6 Å². The van der Waals surface area contributed by atoms with E-state index >= 15 is 0 Å². The van der Waals surface area contributed by atoms with Gasteiger partial charge in [0.15, 0.2) is 12.2 Å². The van der Waals surface area contributed by atoms with E-state index < -0.39 is 97.5 Å². The van der Waals surface area contributed by atoms with Crippen LogP contribution in [0.4, 0.5) is 0 Å². The van der Waals surface area contributed by atoms with E-state index in [1.54, 1.807) is 0 Å². The summed E-state index contributed by atoms with van der Waals surface area (Å²) in [6.07, 6.45) is 63.7. The minimum absolute atomic E-state index is 0.107. The zero-order valence-corrected chi connectivity index (χ0v) is 68.0. The maximum atomic E-state index is 13.1. The number of phosphoric ester groups is 2. The van der Waals surface area contributed by atoms with Crippen molar-refractivity contribution in [2.45, 2.75) is 452 Å². The first kappa shape index (κ1) is 99.1. The Balaban J connectivity index is 5.25. The molecule has 0 rings (SSSR count). The molecule has 0 aliphatic carbocycles. The Kier molecular flexibility index (Phi) is 72.2. The number of rotatable bonds is 81. The average Bonchev–Trinajstić information content (AvgIpc) is 1.19. The summed E-state index contributed by atoms with van der Waals surface area (Å²) in [5.41, 5.74) is 0. The largest absolute Gasteiger partial charge is 0.472 e. The number of aliphatic hydroxyl groups excluding tert-OH is 1. The third-order valence-electron chi connectivity index (χ3n) is 19.2. The van der Waals surface area contributed by atoms with Crippen LogP contribution < -0.4 is 0 Å². The van der Waals surface area contributed by atoms with Crippen LogP contribution in [0, 0.1) is 11.8 Å². The van der Waals surface area contributed by atoms with E-state index in [1.165, 1.54) is 250 Å². The van der Waals surface area contributed by atoms with Gasteiger partial charge in [-0.05, 0) is 37.5 Å². The van der Waals surface area contributed by atoms with Gasteiger partial charge in [-0.2, -0.15) is 0 Å². The van der Waals surface area contributed by atoms with E-state index in [9.17, 15) is 43.2 Å². The van der Waals surface area contributed by atoms with E-state index in [0.29, 0.717) is 25.7 Å². The maximum Gasteiger partial charge on any atom is 0.472 e. The normalized spacial score (nSPS) is 13.9. The summed E-state index contributed by atoms with van der Waals surface area (Å²) in [5.74, 6) is -0.538. The summed E-state index contributed by atoms with van der Waals surface area (Å²) in [5, 5.41) is 10.7.